The van der Waals surface area contributed by atoms with Gasteiger partial charge in [0.2, 0.25) is 0 Å². The van der Waals surface area contributed by atoms with Crippen molar-refractivity contribution in [2.75, 3.05) is 0 Å². The van der Waals surface area contributed by atoms with Crippen LogP contribution in [-0.4, -0.2) is 8.42 Å². The molecule has 3 nitrogen and oxygen atoms in total. The van der Waals surface area contributed by atoms with Crippen LogP contribution in [0.5, 0.6) is 5.75 Å². The summed E-state index contributed by atoms with van der Waals surface area (Å²) < 4.78 is 28.7. The van der Waals surface area contributed by atoms with Crippen LogP contribution in [0.25, 0.3) is 0 Å². The molecule has 0 aliphatic rings. The van der Waals surface area contributed by atoms with E-state index in [0.717, 1.165) is 0 Å². The van der Waals surface area contributed by atoms with Crippen LogP contribution in [-0.2, 0) is 10.1 Å². The summed E-state index contributed by atoms with van der Waals surface area (Å²) in [6.45, 7) is 0. The molecule has 2 rings (SSSR count). The molecule has 0 saturated carbocycles. The molecular weight excluding hydrogens is 260 g/mol. The third kappa shape index (κ3) is 2.99. The zero-order valence-electron chi connectivity index (χ0n) is 8.71. The second-order valence-corrected chi connectivity index (χ2v) is 5.29. The van der Waals surface area contributed by atoms with E-state index in [1.54, 1.807) is 42.5 Å². The number of benzene rings is 2. The molecule has 0 aliphatic heterocycles. The molecule has 0 radical (unpaired) electrons. The molecule has 0 N–H and O–H groups in total. The predicted octanol–water partition coefficient (Wildman–Crippen LogP) is 3.11. The molecule has 2 aromatic carbocycles. The Labute approximate surface area is 105 Å². The fourth-order valence-corrected chi connectivity index (χ4v) is 2.51. The minimum Gasteiger partial charge on any atom is -0.379 e. The van der Waals surface area contributed by atoms with Gasteiger partial charge in [-0.1, -0.05) is 35.9 Å². The highest BCUT2D eigenvalue weighted by molar-refractivity contribution is 7.87. The first-order valence-electron chi connectivity index (χ1n) is 4.83. The van der Waals surface area contributed by atoms with Crippen LogP contribution in [0.3, 0.4) is 0 Å². The van der Waals surface area contributed by atoms with Crippen LogP contribution < -0.4 is 4.18 Å². The third-order valence-electron chi connectivity index (χ3n) is 2.03. The zero-order valence-corrected chi connectivity index (χ0v) is 10.3. The lowest BCUT2D eigenvalue weighted by atomic mass is 10.3. The Morgan fingerprint density at radius 1 is 0.941 bits per heavy atom. The lowest BCUT2D eigenvalue weighted by Gasteiger charge is -2.06. The molecule has 0 saturated heterocycles. The number of para-hydroxylation sites is 1. The van der Waals surface area contributed by atoms with Gasteiger partial charge in [-0.25, -0.2) is 0 Å². The minimum absolute atomic E-state index is 0.0360. The Hall–Kier alpha value is -1.52. The Balaban J connectivity index is 2.32. The van der Waals surface area contributed by atoms with Crippen LogP contribution in [0, 0.1) is 0 Å². The topological polar surface area (TPSA) is 43.4 Å². The third-order valence-corrected chi connectivity index (χ3v) is 3.51. The van der Waals surface area contributed by atoms with Gasteiger partial charge in [-0.15, -0.1) is 0 Å². The van der Waals surface area contributed by atoms with Crippen LogP contribution >= 0.6 is 11.6 Å². The number of hydrogen-bond donors (Lipinski definition) is 0. The van der Waals surface area contributed by atoms with Crippen molar-refractivity contribution in [3.63, 3.8) is 0 Å². The van der Waals surface area contributed by atoms with Gasteiger partial charge < -0.3 is 4.18 Å². The van der Waals surface area contributed by atoms with E-state index in [-0.39, 0.29) is 10.6 Å². The largest absolute Gasteiger partial charge is 0.379 e. The summed E-state index contributed by atoms with van der Waals surface area (Å²) >= 11 is 5.73. The molecule has 2 aromatic rings. The Kier molecular flexibility index (Phi) is 3.36. The quantitative estimate of drug-likeness (QED) is 0.804. The molecule has 0 aliphatic carbocycles. The first-order valence-corrected chi connectivity index (χ1v) is 6.62. The van der Waals surface area contributed by atoms with Crippen molar-refractivity contribution in [2.24, 2.45) is 0 Å². The maximum atomic E-state index is 11.9. The van der Waals surface area contributed by atoms with Crippen molar-refractivity contribution in [3.8, 4) is 5.75 Å². The van der Waals surface area contributed by atoms with Crippen LogP contribution in [0.15, 0.2) is 59.5 Å². The van der Waals surface area contributed by atoms with Gasteiger partial charge in [0, 0.05) is 5.02 Å². The second kappa shape index (κ2) is 4.77. The van der Waals surface area contributed by atoms with Gasteiger partial charge in [-0.3, -0.25) is 0 Å². The highest BCUT2D eigenvalue weighted by Crippen LogP contribution is 2.20. The maximum Gasteiger partial charge on any atom is 0.339 e. The van der Waals surface area contributed by atoms with Gasteiger partial charge in [0.1, 0.15) is 10.6 Å². The molecular formula is C12H9ClO3S. The van der Waals surface area contributed by atoms with Crippen molar-refractivity contribution in [2.45, 2.75) is 4.90 Å². The standard InChI is InChI=1S/C12H9ClO3S/c13-10-5-4-8-12(9-10)17(14,15)16-11-6-2-1-3-7-11/h1-9H. The Bertz CT molecular complexity index is 609. The molecule has 17 heavy (non-hydrogen) atoms. The lowest BCUT2D eigenvalue weighted by molar-refractivity contribution is 0.486. The molecule has 88 valence electrons. The van der Waals surface area contributed by atoms with E-state index in [9.17, 15) is 8.42 Å². The van der Waals surface area contributed by atoms with E-state index in [4.69, 9.17) is 15.8 Å². The summed E-state index contributed by atoms with van der Waals surface area (Å²) in [4.78, 5) is 0.0360. The molecule has 0 heterocycles. The molecule has 0 unspecified atom stereocenters. The Morgan fingerprint density at radius 3 is 2.29 bits per heavy atom. The molecule has 0 atom stereocenters. The summed E-state index contributed by atoms with van der Waals surface area (Å²) in [6.07, 6.45) is 0. The normalized spacial score (nSPS) is 11.1. The van der Waals surface area contributed by atoms with Crippen molar-refractivity contribution in [1.82, 2.24) is 0 Å². The molecule has 0 fully saturated rings. The predicted molar refractivity (Wildman–Crippen MR) is 65.7 cm³/mol. The van der Waals surface area contributed by atoms with Gasteiger partial charge in [-0.2, -0.15) is 8.42 Å². The first-order chi connectivity index (χ1) is 8.08. The fraction of sp³-hybridized carbons (Fsp3) is 0. The second-order valence-electron chi connectivity index (χ2n) is 3.31. The molecule has 0 bridgehead atoms. The van der Waals surface area contributed by atoms with E-state index in [0.29, 0.717) is 5.02 Å². The van der Waals surface area contributed by atoms with Gasteiger partial charge in [0.15, 0.2) is 0 Å². The number of rotatable bonds is 3. The van der Waals surface area contributed by atoms with Crippen molar-refractivity contribution < 1.29 is 12.6 Å². The van der Waals surface area contributed by atoms with Crippen LogP contribution in [0.4, 0.5) is 0 Å². The molecule has 0 amide bonds. The van der Waals surface area contributed by atoms with Gasteiger partial charge in [-0.05, 0) is 30.3 Å². The highest BCUT2D eigenvalue weighted by atomic mass is 35.5. The summed E-state index contributed by atoms with van der Waals surface area (Å²) in [5, 5.41) is 0.350. The van der Waals surface area contributed by atoms with Gasteiger partial charge in [0.05, 0.1) is 0 Å². The minimum atomic E-state index is -3.82. The van der Waals surface area contributed by atoms with Crippen LogP contribution in [0.1, 0.15) is 0 Å². The van der Waals surface area contributed by atoms with E-state index in [1.165, 1.54) is 12.1 Å². The van der Waals surface area contributed by atoms with E-state index in [2.05, 4.69) is 0 Å². The van der Waals surface area contributed by atoms with Gasteiger partial charge in [0.25, 0.3) is 0 Å². The summed E-state index contributed by atoms with van der Waals surface area (Å²) in [7, 11) is -3.82. The van der Waals surface area contributed by atoms with E-state index >= 15 is 0 Å². The van der Waals surface area contributed by atoms with Crippen molar-refractivity contribution in [1.29, 1.82) is 0 Å². The van der Waals surface area contributed by atoms with E-state index in [1.807, 2.05) is 0 Å². The summed E-state index contributed by atoms with van der Waals surface area (Å²) in [6, 6.07) is 14.3. The smallest absolute Gasteiger partial charge is 0.339 e. The summed E-state index contributed by atoms with van der Waals surface area (Å²) in [5.41, 5.74) is 0. The SMILES string of the molecule is O=S(=O)(Oc1ccccc1)c1cccc(Cl)c1. The average molecular weight is 269 g/mol. The van der Waals surface area contributed by atoms with Crippen LogP contribution in [0.2, 0.25) is 5.02 Å². The molecule has 5 heteroatoms. The van der Waals surface area contributed by atoms with Gasteiger partial charge >= 0.3 is 10.1 Å². The first kappa shape index (κ1) is 12.0. The highest BCUT2D eigenvalue weighted by Gasteiger charge is 2.16. The van der Waals surface area contributed by atoms with Crippen molar-refractivity contribution in [3.05, 3.63) is 59.6 Å². The van der Waals surface area contributed by atoms with Crippen molar-refractivity contribution >= 4 is 21.7 Å². The van der Waals surface area contributed by atoms with E-state index < -0.39 is 10.1 Å². The summed E-state index contributed by atoms with van der Waals surface area (Å²) in [5.74, 6) is 0.271. The zero-order chi connectivity index (χ0) is 12.3. The average Bonchev–Trinajstić information content (AvgIpc) is 2.30. The lowest BCUT2D eigenvalue weighted by Crippen LogP contribution is -2.09. The molecule has 0 aromatic heterocycles. The number of halogens is 1. The maximum absolute atomic E-state index is 11.9. The molecule has 0 spiro atoms. The monoisotopic (exact) mass is 268 g/mol. The number of hydrogen-bond acceptors (Lipinski definition) is 3. The fourth-order valence-electron chi connectivity index (χ4n) is 1.27. The Morgan fingerprint density at radius 2 is 1.65 bits per heavy atom.